The predicted molar refractivity (Wildman–Crippen MR) is 124 cm³/mol. The fourth-order valence-electron chi connectivity index (χ4n) is 3.18. The van der Waals surface area contributed by atoms with Crippen LogP contribution in [0.5, 0.6) is 11.5 Å². The number of carbonyl (C=O) groups excluding carboxylic acids is 1. The molecule has 32 heavy (non-hydrogen) atoms. The molecule has 6 heteroatoms. The van der Waals surface area contributed by atoms with Gasteiger partial charge in [0.05, 0.1) is 0 Å². The molecular weight excluding hydrogens is 402 g/mol. The molecule has 6 nitrogen and oxygen atoms in total. The molecule has 0 fully saturated rings. The van der Waals surface area contributed by atoms with Crippen molar-refractivity contribution < 1.29 is 14.3 Å². The van der Waals surface area contributed by atoms with Gasteiger partial charge in [-0.05, 0) is 54.4 Å². The smallest absolute Gasteiger partial charge is 0.262 e. The van der Waals surface area contributed by atoms with Crippen molar-refractivity contribution in [1.29, 1.82) is 0 Å². The summed E-state index contributed by atoms with van der Waals surface area (Å²) in [7, 11) is 0. The third-order valence-electron chi connectivity index (χ3n) is 4.96. The number of hydrogen-bond donors (Lipinski definition) is 1. The van der Waals surface area contributed by atoms with E-state index in [1.807, 2.05) is 79.9 Å². The van der Waals surface area contributed by atoms with Gasteiger partial charge in [0.15, 0.2) is 6.61 Å². The molecule has 0 aliphatic rings. The zero-order chi connectivity index (χ0) is 22.2. The maximum absolute atomic E-state index is 12.2. The molecule has 0 radical (unpaired) electrons. The minimum absolute atomic E-state index is 0.0692. The molecule has 0 unspecified atom stereocenters. The second-order valence-electron chi connectivity index (χ2n) is 7.38. The number of imidazole rings is 1. The van der Waals surface area contributed by atoms with Crippen LogP contribution in [0.1, 0.15) is 17.0 Å². The van der Waals surface area contributed by atoms with Crippen LogP contribution in [0.3, 0.4) is 0 Å². The first-order valence-electron chi connectivity index (χ1n) is 10.4. The van der Waals surface area contributed by atoms with Crippen LogP contribution in [0.25, 0.3) is 0 Å². The molecule has 0 bridgehead atoms. The van der Waals surface area contributed by atoms with Crippen LogP contribution >= 0.6 is 0 Å². The summed E-state index contributed by atoms with van der Waals surface area (Å²) in [6, 6.07) is 25.0. The van der Waals surface area contributed by atoms with Gasteiger partial charge in [0.25, 0.3) is 5.91 Å². The highest BCUT2D eigenvalue weighted by atomic mass is 16.5. The molecule has 4 rings (SSSR count). The number of nitrogens with zero attached hydrogens (tertiary/aromatic N) is 2. The number of amides is 1. The van der Waals surface area contributed by atoms with Gasteiger partial charge in [-0.2, -0.15) is 0 Å². The number of ether oxygens (including phenoxy) is 2. The lowest BCUT2D eigenvalue weighted by Crippen LogP contribution is -2.20. The fraction of sp³-hybridized carbons (Fsp3) is 0.154. The number of aryl methyl sites for hydroxylation is 1. The monoisotopic (exact) mass is 427 g/mol. The highest BCUT2D eigenvalue weighted by Crippen LogP contribution is 2.19. The summed E-state index contributed by atoms with van der Waals surface area (Å²) < 4.78 is 13.4. The number of anilines is 1. The van der Waals surface area contributed by atoms with Gasteiger partial charge in [0.1, 0.15) is 23.9 Å². The Balaban J connectivity index is 1.22. The summed E-state index contributed by atoms with van der Waals surface area (Å²) in [6.45, 7) is 3.15. The van der Waals surface area contributed by atoms with Gasteiger partial charge in [-0.1, -0.05) is 42.5 Å². The second-order valence-corrected chi connectivity index (χ2v) is 7.38. The molecule has 162 valence electrons. The Bertz CT molecular complexity index is 1140. The van der Waals surface area contributed by atoms with Gasteiger partial charge in [-0.15, -0.1) is 0 Å². The van der Waals surface area contributed by atoms with Crippen molar-refractivity contribution in [3.8, 4) is 11.5 Å². The Morgan fingerprint density at radius 3 is 2.22 bits per heavy atom. The zero-order valence-corrected chi connectivity index (χ0v) is 17.9. The lowest BCUT2D eigenvalue weighted by Gasteiger charge is -2.10. The second kappa shape index (κ2) is 10.3. The minimum atomic E-state index is -0.215. The van der Waals surface area contributed by atoms with E-state index in [9.17, 15) is 4.79 Å². The summed E-state index contributed by atoms with van der Waals surface area (Å²) in [6.07, 6.45) is 3.74. The van der Waals surface area contributed by atoms with Gasteiger partial charge < -0.3 is 19.4 Å². The van der Waals surface area contributed by atoms with Crippen LogP contribution in [0.4, 0.5) is 5.69 Å². The Hall–Kier alpha value is -4.06. The fourth-order valence-corrected chi connectivity index (χ4v) is 3.18. The van der Waals surface area contributed by atoms with E-state index >= 15 is 0 Å². The van der Waals surface area contributed by atoms with E-state index in [4.69, 9.17) is 9.47 Å². The average Bonchev–Trinajstić information content (AvgIpc) is 3.23. The first-order chi connectivity index (χ1) is 15.7. The van der Waals surface area contributed by atoms with Crippen LogP contribution in [0.2, 0.25) is 0 Å². The SMILES string of the molecule is Cc1nccn1Cc1ccc(NC(=O)COc2ccc(OCc3ccccc3)cc2)cc1. The number of hydrogen-bond acceptors (Lipinski definition) is 4. The number of nitrogens with one attached hydrogen (secondary N) is 1. The predicted octanol–water partition coefficient (Wildman–Crippen LogP) is 4.84. The largest absolute Gasteiger partial charge is 0.489 e. The molecule has 0 atom stereocenters. The van der Waals surface area contributed by atoms with E-state index in [-0.39, 0.29) is 12.5 Å². The van der Waals surface area contributed by atoms with Gasteiger partial charge in [0, 0.05) is 24.6 Å². The van der Waals surface area contributed by atoms with Crippen molar-refractivity contribution in [1.82, 2.24) is 9.55 Å². The van der Waals surface area contributed by atoms with E-state index in [1.54, 1.807) is 18.3 Å². The molecule has 0 saturated carbocycles. The molecule has 0 aliphatic heterocycles. The number of benzene rings is 3. The molecule has 3 aromatic carbocycles. The van der Waals surface area contributed by atoms with E-state index in [2.05, 4.69) is 14.9 Å². The highest BCUT2D eigenvalue weighted by Gasteiger charge is 2.05. The van der Waals surface area contributed by atoms with Crippen LogP contribution in [-0.2, 0) is 17.9 Å². The van der Waals surface area contributed by atoms with Crippen molar-refractivity contribution >= 4 is 11.6 Å². The molecule has 1 N–H and O–H groups in total. The van der Waals surface area contributed by atoms with E-state index in [1.165, 1.54) is 0 Å². The van der Waals surface area contributed by atoms with Crippen LogP contribution in [0, 0.1) is 6.92 Å². The van der Waals surface area contributed by atoms with Crippen LogP contribution in [0.15, 0.2) is 91.3 Å². The summed E-state index contributed by atoms with van der Waals surface area (Å²) in [5.41, 5.74) is 2.97. The first kappa shape index (κ1) is 21.2. The van der Waals surface area contributed by atoms with Gasteiger partial charge in [-0.25, -0.2) is 4.98 Å². The highest BCUT2D eigenvalue weighted by molar-refractivity contribution is 5.91. The average molecular weight is 428 g/mol. The molecule has 1 aromatic heterocycles. The topological polar surface area (TPSA) is 65.4 Å². The lowest BCUT2D eigenvalue weighted by atomic mass is 10.2. The van der Waals surface area contributed by atoms with E-state index in [0.29, 0.717) is 12.4 Å². The van der Waals surface area contributed by atoms with Crippen molar-refractivity contribution in [2.45, 2.75) is 20.1 Å². The maximum atomic E-state index is 12.2. The summed E-state index contributed by atoms with van der Waals surface area (Å²) in [4.78, 5) is 16.5. The molecule has 0 aliphatic carbocycles. The Morgan fingerprint density at radius 1 is 0.875 bits per heavy atom. The number of rotatable bonds is 9. The third-order valence-corrected chi connectivity index (χ3v) is 4.96. The summed E-state index contributed by atoms with van der Waals surface area (Å²) in [5.74, 6) is 2.11. The molecule has 0 spiro atoms. The van der Waals surface area contributed by atoms with Crippen LogP contribution < -0.4 is 14.8 Å². The Kier molecular flexibility index (Phi) is 6.82. The van der Waals surface area contributed by atoms with Crippen molar-refractivity contribution in [2.75, 3.05) is 11.9 Å². The van der Waals surface area contributed by atoms with Gasteiger partial charge >= 0.3 is 0 Å². The normalized spacial score (nSPS) is 10.5. The molecule has 1 heterocycles. The van der Waals surface area contributed by atoms with Gasteiger partial charge in [0.2, 0.25) is 0 Å². The summed E-state index contributed by atoms with van der Waals surface area (Å²) in [5, 5.41) is 2.85. The Labute approximate surface area is 187 Å². The molecule has 1 amide bonds. The minimum Gasteiger partial charge on any atom is -0.489 e. The molecule has 4 aromatic rings. The van der Waals surface area contributed by atoms with E-state index in [0.717, 1.165) is 34.9 Å². The third kappa shape index (κ3) is 5.98. The Morgan fingerprint density at radius 2 is 1.56 bits per heavy atom. The van der Waals surface area contributed by atoms with Crippen molar-refractivity contribution in [3.05, 3.63) is 108 Å². The summed E-state index contributed by atoms with van der Waals surface area (Å²) >= 11 is 0. The van der Waals surface area contributed by atoms with Crippen molar-refractivity contribution in [2.24, 2.45) is 0 Å². The first-order valence-corrected chi connectivity index (χ1v) is 10.4. The van der Waals surface area contributed by atoms with Crippen LogP contribution in [-0.4, -0.2) is 22.1 Å². The standard InChI is InChI=1S/C26H25N3O3/c1-20-27-15-16-29(20)17-21-7-9-23(10-8-21)28-26(30)19-32-25-13-11-24(12-14-25)31-18-22-5-3-2-4-6-22/h2-16H,17-19H2,1H3,(H,28,30). The van der Waals surface area contributed by atoms with Crippen molar-refractivity contribution in [3.63, 3.8) is 0 Å². The van der Waals surface area contributed by atoms with E-state index < -0.39 is 0 Å². The lowest BCUT2D eigenvalue weighted by molar-refractivity contribution is -0.118. The van der Waals surface area contributed by atoms with Gasteiger partial charge in [-0.3, -0.25) is 4.79 Å². The number of aromatic nitrogens is 2. The quantitative estimate of drug-likeness (QED) is 0.415. The number of carbonyl (C=O) groups is 1. The maximum Gasteiger partial charge on any atom is 0.262 e. The molecule has 0 saturated heterocycles. The molecular formula is C26H25N3O3. The zero-order valence-electron chi connectivity index (χ0n) is 17.9.